The van der Waals surface area contributed by atoms with Crippen molar-refractivity contribution in [3.8, 4) is 6.07 Å². The summed E-state index contributed by atoms with van der Waals surface area (Å²) < 4.78 is 0. The molecule has 0 amide bonds. The Balaban J connectivity index is 2.63. The minimum atomic E-state index is 0.162. The zero-order valence-corrected chi connectivity index (χ0v) is 10.1. The van der Waals surface area contributed by atoms with Crippen molar-refractivity contribution >= 4 is 17.2 Å². The highest BCUT2D eigenvalue weighted by molar-refractivity contribution is 6.17. The average Bonchev–Trinajstić information content (AvgIpc) is 2.69. The van der Waals surface area contributed by atoms with Crippen molar-refractivity contribution in [3.63, 3.8) is 0 Å². The van der Waals surface area contributed by atoms with Gasteiger partial charge in [0.2, 0.25) is 5.84 Å². The highest BCUT2D eigenvalue weighted by atomic mass is 16.4. The first-order valence-electron chi connectivity index (χ1n) is 5.40. The summed E-state index contributed by atoms with van der Waals surface area (Å²) in [6, 6.07) is 11.4. The van der Waals surface area contributed by atoms with Crippen molar-refractivity contribution in [1.82, 2.24) is 4.90 Å². The Kier molecular flexibility index (Phi) is 3.11. The first-order chi connectivity index (χ1) is 8.69. The van der Waals surface area contributed by atoms with Gasteiger partial charge in [0.1, 0.15) is 17.6 Å². The van der Waals surface area contributed by atoms with Crippen LogP contribution in [-0.2, 0) is 0 Å². The summed E-state index contributed by atoms with van der Waals surface area (Å²) >= 11 is 0. The third-order valence-corrected chi connectivity index (χ3v) is 2.81. The third kappa shape index (κ3) is 1.84. The van der Waals surface area contributed by atoms with Crippen LogP contribution in [0, 0.1) is 11.3 Å². The molecule has 2 rings (SSSR count). The standard InChI is InChI=1S/C13H12N4O/c1-9-15-13(16-18)12(17(9)2)11(8-14)10-6-4-3-5-7-10/h3-7,18H,1-2H3. The summed E-state index contributed by atoms with van der Waals surface area (Å²) in [5.74, 6) is 0.844. The average molecular weight is 240 g/mol. The second-order valence-corrected chi connectivity index (χ2v) is 3.84. The van der Waals surface area contributed by atoms with Gasteiger partial charge in [0.05, 0.1) is 5.57 Å². The quantitative estimate of drug-likeness (QED) is 0.464. The van der Waals surface area contributed by atoms with Crippen molar-refractivity contribution in [2.45, 2.75) is 6.92 Å². The van der Waals surface area contributed by atoms with Crippen LogP contribution in [0.3, 0.4) is 0 Å². The van der Waals surface area contributed by atoms with E-state index in [-0.39, 0.29) is 5.84 Å². The van der Waals surface area contributed by atoms with Gasteiger partial charge in [-0.25, -0.2) is 4.99 Å². The van der Waals surface area contributed by atoms with Gasteiger partial charge in [0.25, 0.3) is 0 Å². The number of benzene rings is 1. The van der Waals surface area contributed by atoms with Gasteiger partial charge in [0, 0.05) is 7.05 Å². The van der Waals surface area contributed by atoms with Crippen molar-refractivity contribution in [2.24, 2.45) is 10.1 Å². The molecular weight excluding hydrogens is 228 g/mol. The summed E-state index contributed by atoms with van der Waals surface area (Å²) in [7, 11) is 1.78. The van der Waals surface area contributed by atoms with Gasteiger partial charge in [-0.15, -0.1) is 0 Å². The maximum atomic E-state index is 9.34. The molecule has 90 valence electrons. The molecule has 0 spiro atoms. The molecule has 1 aromatic carbocycles. The Morgan fingerprint density at radius 2 is 2.06 bits per heavy atom. The molecule has 0 aromatic heterocycles. The second kappa shape index (κ2) is 4.72. The minimum Gasteiger partial charge on any atom is -0.409 e. The van der Waals surface area contributed by atoms with Gasteiger partial charge < -0.3 is 10.1 Å². The Bertz CT molecular complexity index is 593. The molecule has 0 radical (unpaired) electrons. The van der Waals surface area contributed by atoms with E-state index in [0.29, 0.717) is 17.1 Å². The molecule has 0 fully saturated rings. The van der Waals surface area contributed by atoms with E-state index >= 15 is 0 Å². The largest absolute Gasteiger partial charge is 0.409 e. The number of hydrogen-bond acceptors (Lipinski definition) is 4. The van der Waals surface area contributed by atoms with E-state index < -0.39 is 0 Å². The predicted molar refractivity (Wildman–Crippen MR) is 69.1 cm³/mol. The molecule has 0 bridgehead atoms. The summed E-state index contributed by atoms with van der Waals surface area (Å²) in [4.78, 5) is 5.83. The first kappa shape index (κ1) is 11.9. The number of likely N-dealkylation sites (N-methyl/N-ethyl adjacent to an activating group) is 1. The second-order valence-electron chi connectivity index (χ2n) is 3.84. The van der Waals surface area contributed by atoms with Crippen LogP contribution in [-0.4, -0.2) is 28.8 Å². The zero-order chi connectivity index (χ0) is 13.1. The number of aliphatic imine (C=N–C) groups is 1. The van der Waals surface area contributed by atoms with Crippen molar-refractivity contribution in [3.05, 3.63) is 41.6 Å². The smallest absolute Gasteiger partial charge is 0.218 e. The van der Waals surface area contributed by atoms with Gasteiger partial charge in [-0.1, -0.05) is 35.5 Å². The van der Waals surface area contributed by atoms with E-state index in [9.17, 15) is 5.26 Å². The monoisotopic (exact) mass is 240 g/mol. The van der Waals surface area contributed by atoms with Crippen LogP contribution in [0.1, 0.15) is 12.5 Å². The molecule has 18 heavy (non-hydrogen) atoms. The molecular formula is C13H12N4O. The summed E-state index contributed by atoms with van der Waals surface area (Å²) in [5, 5.41) is 21.5. The molecule has 1 N–H and O–H groups in total. The Labute approximate surface area is 105 Å². The van der Waals surface area contributed by atoms with Crippen molar-refractivity contribution < 1.29 is 5.21 Å². The van der Waals surface area contributed by atoms with Crippen LogP contribution in [0.25, 0.3) is 5.57 Å². The molecule has 0 saturated heterocycles. The van der Waals surface area contributed by atoms with Crippen LogP contribution in [0.5, 0.6) is 0 Å². The lowest BCUT2D eigenvalue weighted by molar-refractivity contribution is 0.318. The first-order valence-corrected chi connectivity index (χ1v) is 5.40. The molecule has 1 aromatic rings. The predicted octanol–water partition coefficient (Wildman–Crippen LogP) is 2.07. The van der Waals surface area contributed by atoms with E-state index in [1.54, 1.807) is 18.9 Å². The fourth-order valence-corrected chi connectivity index (χ4v) is 1.80. The van der Waals surface area contributed by atoms with Gasteiger partial charge in [0.15, 0.2) is 0 Å². The summed E-state index contributed by atoms with van der Waals surface area (Å²) in [6.07, 6.45) is 0. The molecule has 0 aliphatic carbocycles. The van der Waals surface area contributed by atoms with Gasteiger partial charge in [-0.3, -0.25) is 0 Å². The zero-order valence-electron chi connectivity index (χ0n) is 10.1. The van der Waals surface area contributed by atoms with E-state index in [1.165, 1.54) is 0 Å². The number of nitriles is 1. The number of oxime groups is 1. The van der Waals surface area contributed by atoms with Gasteiger partial charge in [-0.05, 0) is 12.5 Å². The van der Waals surface area contributed by atoms with E-state index in [4.69, 9.17) is 5.21 Å². The van der Waals surface area contributed by atoms with Crippen molar-refractivity contribution in [1.29, 1.82) is 5.26 Å². The molecule has 0 saturated carbocycles. The third-order valence-electron chi connectivity index (χ3n) is 2.81. The number of allylic oxidation sites excluding steroid dienone is 1. The van der Waals surface area contributed by atoms with Crippen LogP contribution >= 0.6 is 0 Å². The Morgan fingerprint density at radius 3 is 2.61 bits per heavy atom. The summed E-state index contributed by atoms with van der Waals surface area (Å²) in [6.45, 7) is 1.79. The van der Waals surface area contributed by atoms with Crippen molar-refractivity contribution in [2.75, 3.05) is 7.05 Å². The molecule has 1 aliphatic rings. The number of nitrogens with zero attached hydrogens (tertiary/aromatic N) is 4. The number of rotatable bonds is 1. The van der Waals surface area contributed by atoms with E-state index in [1.807, 2.05) is 30.3 Å². The van der Waals surface area contributed by atoms with Crippen LogP contribution in [0.4, 0.5) is 0 Å². The Hall–Kier alpha value is -2.61. The minimum absolute atomic E-state index is 0.162. The molecule has 1 heterocycles. The normalized spacial score (nSPS) is 19.7. The molecule has 0 atom stereocenters. The molecule has 5 nitrogen and oxygen atoms in total. The van der Waals surface area contributed by atoms with Crippen LogP contribution in [0.15, 0.2) is 46.2 Å². The van der Waals surface area contributed by atoms with Crippen LogP contribution < -0.4 is 0 Å². The molecule has 0 unspecified atom stereocenters. The van der Waals surface area contributed by atoms with E-state index in [0.717, 1.165) is 5.56 Å². The van der Waals surface area contributed by atoms with Gasteiger partial charge >= 0.3 is 0 Å². The highest BCUT2D eigenvalue weighted by Gasteiger charge is 2.26. The summed E-state index contributed by atoms with van der Waals surface area (Å²) in [5.41, 5.74) is 1.73. The number of amidine groups is 2. The number of hydrogen-bond donors (Lipinski definition) is 1. The highest BCUT2D eigenvalue weighted by Crippen LogP contribution is 2.25. The SMILES string of the molecule is CC1=NC(=NO)C(=C(C#N)c2ccccc2)N1C. The Morgan fingerprint density at radius 1 is 1.39 bits per heavy atom. The maximum absolute atomic E-state index is 9.34. The molecule has 1 aliphatic heterocycles. The van der Waals surface area contributed by atoms with Crippen LogP contribution in [0.2, 0.25) is 0 Å². The van der Waals surface area contributed by atoms with E-state index in [2.05, 4.69) is 16.2 Å². The lowest BCUT2D eigenvalue weighted by atomic mass is 10.0. The maximum Gasteiger partial charge on any atom is 0.218 e. The lowest BCUT2D eigenvalue weighted by Gasteiger charge is -2.14. The van der Waals surface area contributed by atoms with Gasteiger partial charge in [-0.2, -0.15) is 5.26 Å². The fraction of sp³-hybridized carbons (Fsp3) is 0.154. The lowest BCUT2D eigenvalue weighted by Crippen LogP contribution is -2.20. The topological polar surface area (TPSA) is 72.0 Å². The fourth-order valence-electron chi connectivity index (χ4n) is 1.80. The molecule has 5 heteroatoms.